The first kappa shape index (κ1) is 16.2. The third-order valence-corrected chi connectivity index (χ3v) is 5.16. The van der Waals surface area contributed by atoms with Crippen molar-refractivity contribution in [2.24, 2.45) is 11.7 Å². The van der Waals surface area contributed by atoms with Gasteiger partial charge in [-0.15, -0.1) is 0 Å². The topological polar surface area (TPSA) is 41.7 Å². The highest BCUT2D eigenvalue weighted by Gasteiger charge is 2.41. The average molecular weight is 283 g/mol. The number of ether oxygens (including phenoxy) is 1. The molecule has 0 spiro atoms. The third kappa shape index (κ3) is 3.73. The Morgan fingerprint density at radius 1 is 1.25 bits per heavy atom. The van der Waals surface area contributed by atoms with Crippen molar-refractivity contribution in [3.05, 3.63) is 0 Å². The monoisotopic (exact) mass is 283 g/mol. The first-order valence-corrected chi connectivity index (χ1v) is 8.30. The van der Waals surface area contributed by atoms with Crippen molar-refractivity contribution in [2.45, 2.75) is 51.2 Å². The Morgan fingerprint density at radius 2 is 1.95 bits per heavy atom. The van der Waals surface area contributed by atoms with E-state index in [-0.39, 0.29) is 5.54 Å². The number of nitrogens with zero attached hydrogens (tertiary/aromatic N) is 2. The summed E-state index contributed by atoms with van der Waals surface area (Å²) >= 11 is 0. The van der Waals surface area contributed by atoms with Gasteiger partial charge in [0.05, 0.1) is 6.10 Å². The fourth-order valence-corrected chi connectivity index (χ4v) is 4.01. The van der Waals surface area contributed by atoms with E-state index >= 15 is 0 Å². The van der Waals surface area contributed by atoms with Gasteiger partial charge in [0, 0.05) is 51.9 Å². The van der Waals surface area contributed by atoms with E-state index < -0.39 is 0 Å². The van der Waals surface area contributed by atoms with Crippen LogP contribution in [0, 0.1) is 5.92 Å². The molecule has 2 fully saturated rings. The van der Waals surface area contributed by atoms with E-state index in [1.54, 1.807) is 0 Å². The molecule has 2 atom stereocenters. The fourth-order valence-electron chi connectivity index (χ4n) is 4.01. The summed E-state index contributed by atoms with van der Waals surface area (Å²) in [5, 5.41) is 0. The number of hydrogen-bond acceptors (Lipinski definition) is 4. The zero-order chi connectivity index (χ0) is 14.6. The van der Waals surface area contributed by atoms with E-state index in [0.29, 0.717) is 6.10 Å². The van der Waals surface area contributed by atoms with Gasteiger partial charge in [-0.05, 0) is 31.6 Å². The van der Waals surface area contributed by atoms with Crippen LogP contribution in [-0.4, -0.2) is 67.8 Å². The lowest BCUT2D eigenvalue weighted by Gasteiger charge is -2.51. The van der Waals surface area contributed by atoms with Crippen molar-refractivity contribution in [3.63, 3.8) is 0 Å². The van der Waals surface area contributed by atoms with Gasteiger partial charge in [-0.2, -0.15) is 0 Å². The maximum absolute atomic E-state index is 6.19. The average Bonchev–Trinajstić information content (AvgIpc) is 2.47. The van der Waals surface area contributed by atoms with E-state index in [1.165, 1.54) is 52.0 Å². The number of nitrogens with two attached hydrogens (primary N) is 1. The van der Waals surface area contributed by atoms with Crippen molar-refractivity contribution in [1.82, 2.24) is 9.80 Å². The molecule has 2 unspecified atom stereocenters. The van der Waals surface area contributed by atoms with Gasteiger partial charge in [-0.1, -0.05) is 13.8 Å². The van der Waals surface area contributed by atoms with Crippen LogP contribution >= 0.6 is 0 Å². The van der Waals surface area contributed by atoms with E-state index in [9.17, 15) is 0 Å². The lowest BCUT2D eigenvalue weighted by molar-refractivity contribution is -0.0404. The molecular formula is C16H33N3O. The van der Waals surface area contributed by atoms with Crippen molar-refractivity contribution in [2.75, 3.05) is 46.4 Å². The lowest BCUT2D eigenvalue weighted by Crippen LogP contribution is -2.62. The van der Waals surface area contributed by atoms with Crippen molar-refractivity contribution < 1.29 is 4.74 Å². The minimum Gasteiger partial charge on any atom is -0.381 e. The van der Waals surface area contributed by atoms with Gasteiger partial charge < -0.3 is 15.4 Å². The van der Waals surface area contributed by atoms with Gasteiger partial charge in [0.15, 0.2) is 0 Å². The van der Waals surface area contributed by atoms with Gasteiger partial charge in [0.2, 0.25) is 0 Å². The molecule has 0 aromatic rings. The molecule has 0 aromatic heterocycles. The first-order valence-electron chi connectivity index (χ1n) is 8.30. The number of rotatable bonds is 5. The highest BCUT2D eigenvalue weighted by molar-refractivity contribution is 4.98. The first-order chi connectivity index (χ1) is 9.59. The van der Waals surface area contributed by atoms with E-state index in [4.69, 9.17) is 10.5 Å². The lowest BCUT2D eigenvalue weighted by atomic mass is 9.78. The molecule has 1 aliphatic carbocycles. The van der Waals surface area contributed by atoms with Crippen molar-refractivity contribution >= 4 is 0 Å². The number of hydrogen-bond donors (Lipinski definition) is 1. The Balaban J connectivity index is 1.92. The predicted molar refractivity (Wildman–Crippen MR) is 83.9 cm³/mol. The third-order valence-electron chi connectivity index (χ3n) is 5.16. The van der Waals surface area contributed by atoms with Crippen LogP contribution in [0.3, 0.4) is 0 Å². The van der Waals surface area contributed by atoms with Gasteiger partial charge in [0.1, 0.15) is 0 Å². The molecule has 1 heterocycles. The zero-order valence-corrected chi connectivity index (χ0v) is 13.6. The second kappa shape index (κ2) is 7.21. The van der Waals surface area contributed by atoms with Crippen LogP contribution in [0.4, 0.5) is 0 Å². The Morgan fingerprint density at radius 3 is 2.50 bits per heavy atom. The van der Waals surface area contributed by atoms with Crippen LogP contribution in [0.15, 0.2) is 0 Å². The largest absolute Gasteiger partial charge is 0.381 e. The summed E-state index contributed by atoms with van der Waals surface area (Å²) in [5.41, 5.74) is 6.39. The van der Waals surface area contributed by atoms with Crippen LogP contribution < -0.4 is 5.73 Å². The van der Waals surface area contributed by atoms with Crippen LogP contribution in [0.2, 0.25) is 0 Å². The minimum atomic E-state index is 0.197. The molecule has 0 radical (unpaired) electrons. The van der Waals surface area contributed by atoms with Crippen LogP contribution in [-0.2, 0) is 4.74 Å². The van der Waals surface area contributed by atoms with Gasteiger partial charge >= 0.3 is 0 Å². The molecule has 0 bridgehead atoms. The zero-order valence-electron chi connectivity index (χ0n) is 13.6. The summed E-state index contributed by atoms with van der Waals surface area (Å²) < 4.78 is 5.62. The summed E-state index contributed by atoms with van der Waals surface area (Å²) in [7, 11) is 1.85. The molecule has 2 aliphatic rings. The molecule has 2 N–H and O–H groups in total. The second-order valence-electron chi connectivity index (χ2n) is 7.06. The number of piperazine rings is 1. The Bertz CT molecular complexity index is 289. The van der Waals surface area contributed by atoms with E-state index in [2.05, 4.69) is 23.6 Å². The SMILES string of the molecule is COC1CCCC(CN)(N2CCN(CC(C)C)CC2)C1. The molecule has 4 heteroatoms. The standard InChI is InChI=1S/C16H33N3O/c1-14(2)12-18-7-9-19(10-8-18)16(13-17)6-4-5-15(11-16)20-3/h14-15H,4-13,17H2,1-3H3. The molecule has 0 aromatic carbocycles. The summed E-state index contributed by atoms with van der Waals surface area (Å²) in [6, 6.07) is 0. The Labute approximate surface area is 124 Å². The Kier molecular flexibility index (Phi) is 5.84. The number of methoxy groups -OCH3 is 1. The molecule has 0 amide bonds. The normalized spacial score (nSPS) is 33.8. The summed E-state index contributed by atoms with van der Waals surface area (Å²) in [4.78, 5) is 5.26. The molecule has 4 nitrogen and oxygen atoms in total. The summed E-state index contributed by atoms with van der Waals surface area (Å²) in [5.74, 6) is 0.762. The predicted octanol–water partition coefficient (Wildman–Crippen LogP) is 1.55. The fraction of sp³-hybridized carbons (Fsp3) is 1.00. The maximum atomic E-state index is 6.19. The van der Waals surface area contributed by atoms with Gasteiger partial charge in [-0.25, -0.2) is 0 Å². The molecule has 20 heavy (non-hydrogen) atoms. The molecule has 1 saturated heterocycles. The summed E-state index contributed by atoms with van der Waals surface area (Å²) in [6.07, 6.45) is 5.21. The van der Waals surface area contributed by atoms with Crippen LogP contribution in [0.1, 0.15) is 39.5 Å². The smallest absolute Gasteiger partial charge is 0.0589 e. The molecule has 2 rings (SSSR count). The highest BCUT2D eigenvalue weighted by Crippen LogP contribution is 2.35. The van der Waals surface area contributed by atoms with Gasteiger partial charge in [0.25, 0.3) is 0 Å². The van der Waals surface area contributed by atoms with E-state index in [1.807, 2.05) is 7.11 Å². The van der Waals surface area contributed by atoms with Gasteiger partial charge in [-0.3, -0.25) is 4.90 Å². The van der Waals surface area contributed by atoms with Crippen LogP contribution in [0.5, 0.6) is 0 Å². The maximum Gasteiger partial charge on any atom is 0.0589 e. The van der Waals surface area contributed by atoms with Crippen molar-refractivity contribution in [3.8, 4) is 0 Å². The quantitative estimate of drug-likeness (QED) is 0.831. The minimum absolute atomic E-state index is 0.197. The highest BCUT2D eigenvalue weighted by atomic mass is 16.5. The molecule has 1 saturated carbocycles. The van der Waals surface area contributed by atoms with Crippen LogP contribution in [0.25, 0.3) is 0 Å². The molecule has 1 aliphatic heterocycles. The Hall–Kier alpha value is -0.160. The second-order valence-corrected chi connectivity index (χ2v) is 7.06. The molecule has 118 valence electrons. The van der Waals surface area contributed by atoms with Crippen molar-refractivity contribution in [1.29, 1.82) is 0 Å². The molecular weight excluding hydrogens is 250 g/mol. The van der Waals surface area contributed by atoms with E-state index in [0.717, 1.165) is 18.9 Å². The summed E-state index contributed by atoms with van der Waals surface area (Å²) in [6.45, 7) is 11.3.